The van der Waals surface area contributed by atoms with Crippen LogP contribution >= 0.6 is 15.9 Å². The second-order valence-electron chi connectivity index (χ2n) is 4.75. The third kappa shape index (κ3) is 5.49. The zero-order valence-corrected chi connectivity index (χ0v) is 13.0. The van der Waals surface area contributed by atoms with Crippen molar-refractivity contribution < 1.29 is 14.3 Å². The SMILES string of the molecule is CC(C)C[C@@H](COc1ccc(Br)cc1C#N)OC(N)=O. The predicted molar refractivity (Wildman–Crippen MR) is 78.3 cm³/mol. The Labute approximate surface area is 126 Å². The standard InChI is InChI=1S/C14H17BrN2O3/c1-9(2)5-12(20-14(17)18)8-19-13-4-3-11(15)6-10(13)7-16/h3-4,6,9,12H,5,8H2,1-2H3,(H2,17,18)/t12-/m0/s1. The van der Waals surface area contributed by atoms with Crippen LogP contribution in [-0.2, 0) is 4.74 Å². The number of rotatable bonds is 6. The summed E-state index contributed by atoms with van der Waals surface area (Å²) in [5.41, 5.74) is 5.46. The van der Waals surface area contributed by atoms with E-state index in [9.17, 15) is 4.79 Å². The van der Waals surface area contributed by atoms with Crippen LogP contribution in [0, 0.1) is 17.2 Å². The molecule has 20 heavy (non-hydrogen) atoms. The Bertz CT molecular complexity index is 512. The van der Waals surface area contributed by atoms with Crippen LogP contribution < -0.4 is 10.5 Å². The van der Waals surface area contributed by atoms with Gasteiger partial charge < -0.3 is 15.2 Å². The highest BCUT2D eigenvalue weighted by Gasteiger charge is 2.16. The van der Waals surface area contributed by atoms with Gasteiger partial charge in [0.25, 0.3) is 0 Å². The molecule has 0 unspecified atom stereocenters. The average molecular weight is 341 g/mol. The van der Waals surface area contributed by atoms with Gasteiger partial charge in [0.2, 0.25) is 0 Å². The molecule has 0 bridgehead atoms. The molecule has 1 atom stereocenters. The van der Waals surface area contributed by atoms with Gasteiger partial charge in [-0.15, -0.1) is 0 Å². The van der Waals surface area contributed by atoms with Gasteiger partial charge in [-0.3, -0.25) is 0 Å². The van der Waals surface area contributed by atoms with Crippen LogP contribution in [0.4, 0.5) is 4.79 Å². The van der Waals surface area contributed by atoms with Crippen LogP contribution in [-0.4, -0.2) is 18.8 Å². The van der Waals surface area contributed by atoms with E-state index in [2.05, 4.69) is 22.0 Å². The lowest BCUT2D eigenvalue weighted by Crippen LogP contribution is -2.29. The maximum Gasteiger partial charge on any atom is 0.404 e. The Morgan fingerprint density at radius 3 is 2.75 bits per heavy atom. The number of nitriles is 1. The maximum absolute atomic E-state index is 10.9. The molecule has 1 aromatic rings. The second kappa shape index (κ2) is 7.75. The Morgan fingerprint density at radius 1 is 1.50 bits per heavy atom. The molecule has 5 nitrogen and oxygen atoms in total. The third-order valence-electron chi connectivity index (χ3n) is 2.50. The molecule has 0 aliphatic carbocycles. The molecule has 0 spiro atoms. The highest BCUT2D eigenvalue weighted by molar-refractivity contribution is 9.10. The normalized spacial score (nSPS) is 11.8. The van der Waals surface area contributed by atoms with E-state index in [-0.39, 0.29) is 6.61 Å². The number of hydrogen-bond donors (Lipinski definition) is 1. The summed E-state index contributed by atoms with van der Waals surface area (Å²) in [5.74, 6) is 0.792. The van der Waals surface area contributed by atoms with Gasteiger partial charge in [-0.25, -0.2) is 4.79 Å². The third-order valence-corrected chi connectivity index (χ3v) is 3.00. The first-order chi connectivity index (χ1) is 9.42. The summed E-state index contributed by atoms with van der Waals surface area (Å²) in [7, 11) is 0. The number of benzene rings is 1. The highest BCUT2D eigenvalue weighted by Crippen LogP contribution is 2.23. The number of amides is 1. The fourth-order valence-electron chi connectivity index (χ4n) is 1.74. The van der Waals surface area contributed by atoms with Gasteiger partial charge in [0.05, 0.1) is 5.56 Å². The van der Waals surface area contributed by atoms with Gasteiger partial charge in [0, 0.05) is 4.47 Å². The van der Waals surface area contributed by atoms with Gasteiger partial charge in [-0.2, -0.15) is 5.26 Å². The second-order valence-corrected chi connectivity index (χ2v) is 5.67. The largest absolute Gasteiger partial charge is 0.488 e. The molecule has 1 rings (SSSR count). The maximum atomic E-state index is 10.9. The lowest BCUT2D eigenvalue weighted by molar-refractivity contribution is 0.0590. The molecule has 0 aliphatic rings. The van der Waals surface area contributed by atoms with Crippen molar-refractivity contribution in [3.05, 3.63) is 28.2 Å². The minimum absolute atomic E-state index is 0.164. The van der Waals surface area contributed by atoms with E-state index in [1.54, 1.807) is 18.2 Å². The molecule has 1 aromatic carbocycles. The Balaban J connectivity index is 2.72. The number of carbonyl (C=O) groups is 1. The quantitative estimate of drug-likeness (QED) is 0.861. The number of carbonyl (C=O) groups excluding carboxylic acids is 1. The van der Waals surface area contributed by atoms with Crippen molar-refractivity contribution in [1.29, 1.82) is 5.26 Å². The van der Waals surface area contributed by atoms with Crippen molar-refractivity contribution >= 4 is 22.0 Å². The van der Waals surface area contributed by atoms with Crippen molar-refractivity contribution in [2.45, 2.75) is 26.4 Å². The van der Waals surface area contributed by atoms with E-state index in [1.165, 1.54) is 0 Å². The first kappa shape index (κ1) is 16.3. The molecule has 6 heteroatoms. The molecule has 0 fully saturated rings. The van der Waals surface area contributed by atoms with Crippen molar-refractivity contribution in [1.82, 2.24) is 0 Å². The van der Waals surface area contributed by atoms with Gasteiger partial charge >= 0.3 is 6.09 Å². The van der Waals surface area contributed by atoms with Crippen molar-refractivity contribution in [2.24, 2.45) is 11.7 Å². The molecule has 2 N–H and O–H groups in total. The lowest BCUT2D eigenvalue weighted by atomic mass is 10.1. The summed E-state index contributed by atoms with van der Waals surface area (Å²) in [6.45, 7) is 4.19. The smallest absolute Gasteiger partial charge is 0.404 e. The van der Waals surface area contributed by atoms with E-state index < -0.39 is 12.2 Å². The topological polar surface area (TPSA) is 85.3 Å². The average Bonchev–Trinajstić information content (AvgIpc) is 2.35. The van der Waals surface area contributed by atoms with Crippen LogP contribution in [0.1, 0.15) is 25.8 Å². The number of nitrogens with two attached hydrogens (primary N) is 1. The number of hydrogen-bond acceptors (Lipinski definition) is 4. The molecule has 1 amide bonds. The van der Waals surface area contributed by atoms with E-state index in [4.69, 9.17) is 20.5 Å². The summed E-state index contributed by atoms with van der Waals surface area (Å²) in [5, 5.41) is 9.04. The van der Waals surface area contributed by atoms with E-state index >= 15 is 0 Å². The van der Waals surface area contributed by atoms with E-state index in [1.807, 2.05) is 13.8 Å². The van der Waals surface area contributed by atoms with Gasteiger partial charge in [-0.1, -0.05) is 29.8 Å². The summed E-state index contributed by atoms with van der Waals surface area (Å²) in [6, 6.07) is 7.20. The molecule has 108 valence electrons. The summed E-state index contributed by atoms with van der Waals surface area (Å²) in [6.07, 6.45) is -0.611. The number of primary amides is 1. The first-order valence-electron chi connectivity index (χ1n) is 6.21. The van der Waals surface area contributed by atoms with Crippen LogP contribution in [0.2, 0.25) is 0 Å². The summed E-state index contributed by atoms with van der Waals surface area (Å²) >= 11 is 3.29. The zero-order chi connectivity index (χ0) is 15.1. The Hall–Kier alpha value is -1.74. The van der Waals surface area contributed by atoms with Crippen LogP contribution in [0.5, 0.6) is 5.75 Å². The predicted octanol–water partition coefficient (Wildman–Crippen LogP) is 3.21. The summed E-state index contributed by atoms with van der Waals surface area (Å²) < 4.78 is 11.4. The highest BCUT2D eigenvalue weighted by atomic mass is 79.9. The molecular weight excluding hydrogens is 324 g/mol. The zero-order valence-electron chi connectivity index (χ0n) is 11.4. The minimum Gasteiger partial charge on any atom is -0.488 e. The van der Waals surface area contributed by atoms with E-state index in [0.29, 0.717) is 23.7 Å². The molecule has 0 heterocycles. The molecule has 0 radical (unpaired) electrons. The van der Waals surface area contributed by atoms with E-state index in [0.717, 1.165) is 4.47 Å². The molecule has 0 saturated heterocycles. The molecule has 0 aromatic heterocycles. The van der Waals surface area contributed by atoms with Crippen molar-refractivity contribution in [2.75, 3.05) is 6.61 Å². The monoisotopic (exact) mass is 340 g/mol. The van der Waals surface area contributed by atoms with Crippen LogP contribution in [0.3, 0.4) is 0 Å². The first-order valence-corrected chi connectivity index (χ1v) is 7.00. The van der Waals surface area contributed by atoms with Gasteiger partial charge in [0.1, 0.15) is 24.5 Å². The molecule has 0 aliphatic heterocycles. The lowest BCUT2D eigenvalue weighted by Gasteiger charge is -2.19. The number of halogens is 1. The van der Waals surface area contributed by atoms with Crippen LogP contribution in [0.15, 0.2) is 22.7 Å². The van der Waals surface area contributed by atoms with Crippen molar-refractivity contribution in [3.8, 4) is 11.8 Å². The van der Waals surface area contributed by atoms with Gasteiger partial charge in [0.15, 0.2) is 0 Å². The van der Waals surface area contributed by atoms with Crippen LogP contribution in [0.25, 0.3) is 0 Å². The Morgan fingerprint density at radius 2 is 2.20 bits per heavy atom. The number of nitrogens with zero attached hydrogens (tertiary/aromatic N) is 1. The van der Waals surface area contributed by atoms with Crippen molar-refractivity contribution in [3.63, 3.8) is 0 Å². The fraction of sp³-hybridized carbons (Fsp3) is 0.429. The number of ether oxygens (including phenoxy) is 2. The summed E-state index contributed by atoms with van der Waals surface area (Å²) in [4.78, 5) is 10.9. The Kier molecular flexibility index (Phi) is 6.32. The molecule has 0 saturated carbocycles. The fourth-order valence-corrected chi connectivity index (χ4v) is 2.10. The van der Waals surface area contributed by atoms with Gasteiger partial charge in [-0.05, 0) is 30.5 Å². The minimum atomic E-state index is -0.824. The molecular formula is C14H17BrN2O3.